The van der Waals surface area contributed by atoms with E-state index in [-0.39, 0.29) is 0 Å². The summed E-state index contributed by atoms with van der Waals surface area (Å²) in [5, 5.41) is 3.26. The van der Waals surface area contributed by atoms with Crippen molar-refractivity contribution in [2.45, 2.75) is 38.0 Å². The minimum Gasteiger partial charge on any atom is -0.340 e. The van der Waals surface area contributed by atoms with E-state index < -0.39 is 0 Å². The molecule has 2 heterocycles. The van der Waals surface area contributed by atoms with Crippen LogP contribution in [0.3, 0.4) is 0 Å². The van der Waals surface area contributed by atoms with Crippen LogP contribution in [0.25, 0.3) is 0 Å². The van der Waals surface area contributed by atoms with E-state index in [4.69, 9.17) is 0 Å². The van der Waals surface area contributed by atoms with Crippen LogP contribution in [0.5, 0.6) is 0 Å². The van der Waals surface area contributed by atoms with Gasteiger partial charge >= 0.3 is 0 Å². The van der Waals surface area contributed by atoms with Crippen LogP contribution in [0.4, 0.5) is 5.95 Å². The first kappa shape index (κ1) is 12.9. The topological polar surface area (TPSA) is 41.0 Å². The Morgan fingerprint density at radius 1 is 1.21 bits per heavy atom. The highest BCUT2D eigenvalue weighted by molar-refractivity contribution is 5.32. The first-order chi connectivity index (χ1) is 9.36. The predicted octanol–water partition coefficient (Wildman–Crippen LogP) is 2.18. The van der Waals surface area contributed by atoms with Gasteiger partial charge in [0.2, 0.25) is 5.95 Å². The summed E-state index contributed by atoms with van der Waals surface area (Å²) in [4.78, 5) is 11.5. The lowest BCUT2D eigenvalue weighted by Gasteiger charge is -2.17. The van der Waals surface area contributed by atoms with Gasteiger partial charge in [-0.1, -0.05) is 12.8 Å². The third kappa shape index (κ3) is 2.89. The standard InChI is InChI=1S/C15H24N4/c1-16-8-12-6-7-19(11-12)15-17-9-14(10-18-15)13-4-2-3-5-13/h9-10,12-13,16H,2-8,11H2,1H3. The lowest BCUT2D eigenvalue weighted by atomic mass is 10.0. The largest absolute Gasteiger partial charge is 0.340 e. The maximum atomic E-state index is 4.59. The van der Waals surface area contributed by atoms with Crippen LogP contribution in [0.2, 0.25) is 0 Å². The van der Waals surface area contributed by atoms with Gasteiger partial charge in [0.15, 0.2) is 0 Å². The van der Waals surface area contributed by atoms with Gasteiger partial charge in [0.1, 0.15) is 0 Å². The number of anilines is 1. The molecule has 1 aromatic rings. The van der Waals surface area contributed by atoms with Gasteiger partial charge < -0.3 is 10.2 Å². The Bertz CT molecular complexity index is 397. The second-order valence-corrected chi connectivity index (χ2v) is 5.96. The molecule has 0 spiro atoms. The molecule has 1 N–H and O–H groups in total. The van der Waals surface area contributed by atoms with E-state index in [0.29, 0.717) is 5.92 Å². The van der Waals surface area contributed by atoms with Gasteiger partial charge in [-0.05, 0) is 50.3 Å². The van der Waals surface area contributed by atoms with Crippen LogP contribution in [0.15, 0.2) is 12.4 Å². The van der Waals surface area contributed by atoms with Crippen molar-refractivity contribution in [1.82, 2.24) is 15.3 Å². The average Bonchev–Trinajstić information content (AvgIpc) is 3.10. The number of nitrogens with one attached hydrogen (secondary N) is 1. The number of rotatable bonds is 4. The molecular formula is C15H24N4. The molecule has 1 aliphatic heterocycles. The predicted molar refractivity (Wildman–Crippen MR) is 77.5 cm³/mol. The average molecular weight is 260 g/mol. The lowest BCUT2D eigenvalue weighted by molar-refractivity contribution is 0.548. The molecule has 1 aliphatic carbocycles. The molecule has 2 fully saturated rings. The highest BCUT2D eigenvalue weighted by Gasteiger charge is 2.24. The van der Waals surface area contributed by atoms with Crippen molar-refractivity contribution >= 4 is 5.95 Å². The molecule has 4 nitrogen and oxygen atoms in total. The highest BCUT2D eigenvalue weighted by Crippen LogP contribution is 2.33. The summed E-state index contributed by atoms with van der Waals surface area (Å²) >= 11 is 0. The maximum absolute atomic E-state index is 4.59. The van der Waals surface area contributed by atoms with Gasteiger partial charge in [-0.15, -0.1) is 0 Å². The summed E-state index contributed by atoms with van der Waals surface area (Å²) in [6, 6.07) is 0. The van der Waals surface area contributed by atoms with E-state index in [2.05, 4.69) is 32.6 Å². The Morgan fingerprint density at radius 2 is 1.95 bits per heavy atom. The van der Waals surface area contributed by atoms with Gasteiger partial charge in [-0.3, -0.25) is 0 Å². The summed E-state index contributed by atoms with van der Waals surface area (Å²) in [5.74, 6) is 2.37. The number of aromatic nitrogens is 2. The van der Waals surface area contributed by atoms with E-state index in [9.17, 15) is 0 Å². The van der Waals surface area contributed by atoms with Crippen LogP contribution in [0.1, 0.15) is 43.6 Å². The fraction of sp³-hybridized carbons (Fsp3) is 0.733. The van der Waals surface area contributed by atoms with Crippen LogP contribution in [0, 0.1) is 5.92 Å². The van der Waals surface area contributed by atoms with Crippen molar-refractivity contribution in [2.75, 3.05) is 31.6 Å². The van der Waals surface area contributed by atoms with Crippen molar-refractivity contribution < 1.29 is 0 Å². The number of hydrogen-bond acceptors (Lipinski definition) is 4. The Labute approximate surface area is 115 Å². The molecule has 1 saturated heterocycles. The molecule has 0 aromatic carbocycles. The van der Waals surface area contributed by atoms with Crippen LogP contribution >= 0.6 is 0 Å². The van der Waals surface area contributed by atoms with Crippen LogP contribution in [-0.4, -0.2) is 36.6 Å². The normalized spacial score (nSPS) is 24.3. The van der Waals surface area contributed by atoms with Crippen molar-refractivity contribution in [3.05, 3.63) is 18.0 Å². The fourth-order valence-electron chi connectivity index (χ4n) is 3.43. The van der Waals surface area contributed by atoms with Gasteiger partial charge in [-0.2, -0.15) is 0 Å². The number of hydrogen-bond donors (Lipinski definition) is 1. The molecule has 0 bridgehead atoms. The fourth-order valence-corrected chi connectivity index (χ4v) is 3.43. The third-order valence-corrected chi connectivity index (χ3v) is 4.55. The number of nitrogens with zero attached hydrogens (tertiary/aromatic N) is 3. The lowest BCUT2D eigenvalue weighted by Crippen LogP contribution is -2.25. The van der Waals surface area contributed by atoms with Crippen LogP contribution in [-0.2, 0) is 0 Å². The molecule has 3 rings (SSSR count). The first-order valence-electron chi connectivity index (χ1n) is 7.58. The van der Waals surface area contributed by atoms with E-state index >= 15 is 0 Å². The molecule has 104 valence electrons. The SMILES string of the molecule is CNCC1CCN(c2ncc(C3CCCC3)cn2)C1. The molecule has 1 unspecified atom stereocenters. The molecule has 2 aliphatic rings. The van der Waals surface area contributed by atoms with E-state index in [0.717, 1.165) is 31.5 Å². The Kier molecular flexibility index (Phi) is 3.97. The smallest absolute Gasteiger partial charge is 0.225 e. The Hall–Kier alpha value is -1.16. The molecule has 1 saturated carbocycles. The molecule has 0 amide bonds. The zero-order valence-electron chi connectivity index (χ0n) is 11.8. The third-order valence-electron chi connectivity index (χ3n) is 4.55. The van der Waals surface area contributed by atoms with Crippen molar-refractivity contribution in [3.63, 3.8) is 0 Å². The van der Waals surface area contributed by atoms with Crippen molar-refractivity contribution in [2.24, 2.45) is 5.92 Å². The molecule has 1 aromatic heterocycles. The zero-order chi connectivity index (χ0) is 13.1. The van der Waals surface area contributed by atoms with Gasteiger partial charge in [0, 0.05) is 25.5 Å². The summed E-state index contributed by atoms with van der Waals surface area (Å²) in [6.45, 7) is 3.27. The molecule has 19 heavy (non-hydrogen) atoms. The van der Waals surface area contributed by atoms with E-state index in [1.165, 1.54) is 37.7 Å². The summed E-state index contributed by atoms with van der Waals surface area (Å²) < 4.78 is 0. The van der Waals surface area contributed by atoms with E-state index in [1.54, 1.807) is 0 Å². The molecule has 4 heteroatoms. The van der Waals surface area contributed by atoms with Gasteiger partial charge in [0.25, 0.3) is 0 Å². The van der Waals surface area contributed by atoms with Crippen LogP contribution < -0.4 is 10.2 Å². The second-order valence-electron chi connectivity index (χ2n) is 5.96. The zero-order valence-corrected chi connectivity index (χ0v) is 11.8. The minimum absolute atomic E-state index is 0.713. The molecule has 1 atom stereocenters. The van der Waals surface area contributed by atoms with Gasteiger partial charge in [0.05, 0.1) is 0 Å². The Morgan fingerprint density at radius 3 is 2.63 bits per heavy atom. The van der Waals surface area contributed by atoms with Crippen molar-refractivity contribution in [3.8, 4) is 0 Å². The molecule has 0 radical (unpaired) electrons. The highest BCUT2D eigenvalue weighted by atomic mass is 15.3. The summed E-state index contributed by atoms with van der Waals surface area (Å²) in [6.07, 6.45) is 10.7. The Balaban J connectivity index is 1.62. The summed E-state index contributed by atoms with van der Waals surface area (Å²) in [7, 11) is 2.02. The van der Waals surface area contributed by atoms with E-state index in [1.807, 2.05) is 7.05 Å². The summed E-state index contributed by atoms with van der Waals surface area (Å²) in [5.41, 5.74) is 1.34. The monoisotopic (exact) mass is 260 g/mol. The van der Waals surface area contributed by atoms with Crippen molar-refractivity contribution in [1.29, 1.82) is 0 Å². The maximum Gasteiger partial charge on any atom is 0.225 e. The molecular weight excluding hydrogens is 236 g/mol. The second kappa shape index (κ2) is 5.87. The first-order valence-corrected chi connectivity index (χ1v) is 7.58. The van der Waals surface area contributed by atoms with Gasteiger partial charge in [-0.25, -0.2) is 9.97 Å². The quantitative estimate of drug-likeness (QED) is 0.901. The minimum atomic E-state index is 0.713.